The van der Waals surface area contributed by atoms with Gasteiger partial charge < -0.3 is 9.64 Å². The van der Waals surface area contributed by atoms with Crippen LogP contribution in [-0.2, 0) is 4.79 Å². The van der Waals surface area contributed by atoms with Gasteiger partial charge in [0, 0.05) is 25.5 Å². The Kier molecular flexibility index (Phi) is 4.37. The monoisotopic (exact) mass is 300 g/mol. The summed E-state index contributed by atoms with van der Waals surface area (Å²) >= 11 is 0. The Labute approximate surface area is 129 Å². The summed E-state index contributed by atoms with van der Waals surface area (Å²) in [6.45, 7) is 3.55. The molecule has 2 aromatic heterocycles. The Morgan fingerprint density at radius 1 is 1.45 bits per heavy atom. The first-order valence-corrected chi connectivity index (χ1v) is 7.54. The predicted molar refractivity (Wildman–Crippen MR) is 81.5 cm³/mol. The van der Waals surface area contributed by atoms with Gasteiger partial charge in [-0.3, -0.25) is 14.5 Å². The molecule has 0 aliphatic carbocycles. The summed E-state index contributed by atoms with van der Waals surface area (Å²) in [7, 11) is 0. The van der Waals surface area contributed by atoms with Crippen LogP contribution in [0.5, 0.6) is 5.75 Å². The third-order valence-corrected chi connectivity index (χ3v) is 3.85. The van der Waals surface area contributed by atoms with Gasteiger partial charge in [-0.05, 0) is 37.5 Å². The number of piperidine rings is 1. The van der Waals surface area contributed by atoms with E-state index >= 15 is 0 Å². The number of carbonyl (C=O) groups is 1. The molecule has 0 spiro atoms. The van der Waals surface area contributed by atoms with Gasteiger partial charge >= 0.3 is 0 Å². The summed E-state index contributed by atoms with van der Waals surface area (Å²) in [6.07, 6.45) is 9.21. The fourth-order valence-electron chi connectivity index (χ4n) is 2.70. The predicted octanol–water partition coefficient (Wildman–Crippen LogP) is 1.83. The Morgan fingerprint density at radius 2 is 2.36 bits per heavy atom. The van der Waals surface area contributed by atoms with E-state index in [0.29, 0.717) is 12.3 Å². The highest BCUT2D eigenvalue weighted by molar-refractivity contribution is 5.77. The molecule has 0 saturated carbocycles. The number of hydrogen-bond acceptors (Lipinski definition) is 4. The van der Waals surface area contributed by atoms with E-state index in [9.17, 15) is 4.79 Å². The molecular formula is C16H20N4O2. The quantitative estimate of drug-likeness (QED) is 0.864. The van der Waals surface area contributed by atoms with E-state index in [1.165, 1.54) is 0 Å². The lowest BCUT2D eigenvalue weighted by Gasteiger charge is -2.32. The van der Waals surface area contributed by atoms with E-state index in [0.717, 1.165) is 24.9 Å². The number of pyridine rings is 1. The summed E-state index contributed by atoms with van der Waals surface area (Å²) in [5.74, 6) is 0.629. The van der Waals surface area contributed by atoms with Crippen LogP contribution in [0.15, 0.2) is 36.9 Å². The minimum Gasteiger partial charge on any atom is -0.482 e. The fraction of sp³-hybridized carbons (Fsp3) is 0.438. The van der Waals surface area contributed by atoms with Crippen molar-refractivity contribution in [2.24, 2.45) is 0 Å². The SMILES string of the molecule is Cc1cnn([C@@H]2CCCN(C(=O)COc3cccnc3)C2)c1. The van der Waals surface area contributed by atoms with Crippen LogP contribution in [0.3, 0.4) is 0 Å². The maximum atomic E-state index is 12.3. The minimum absolute atomic E-state index is 0.0115. The molecule has 1 atom stereocenters. The molecule has 0 bridgehead atoms. The van der Waals surface area contributed by atoms with Gasteiger partial charge in [-0.2, -0.15) is 5.10 Å². The van der Waals surface area contributed by atoms with Crippen molar-refractivity contribution < 1.29 is 9.53 Å². The van der Waals surface area contributed by atoms with Crippen molar-refractivity contribution in [1.29, 1.82) is 0 Å². The van der Waals surface area contributed by atoms with Crippen molar-refractivity contribution in [2.75, 3.05) is 19.7 Å². The molecule has 1 saturated heterocycles. The van der Waals surface area contributed by atoms with Crippen LogP contribution in [0.1, 0.15) is 24.4 Å². The molecule has 0 radical (unpaired) electrons. The summed E-state index contributed by atoms with van der Waals surface area (Å²) in [6, 6.07) is 3.84. The van der Waals surface area contributed by atoms with Crippen molar-refractivity contribution >= 4 is 5.91 Å². The zero-order chi connectivity index (χ0) is 15.4. The van der Waals surface area contributed by atoms with Crippen LogP contribution >= 0.6 is 0 Å². The minimum atomic E-state index is 0.0115. The average molecular weight is 300 g/mol. The molecule has 22 heavy (non-hydrogen) atoms. The highest BCUT2D eigenvalue weighted by atomic mass is 16.5. The smallest absolute Gasteiger partial charge is 0.260 e. The average Bonchev–Trinajstić information content (AvgIpc) is 3.00. The molecule has 2 aromatic rings. The molecule has 0 N–H and O–H groups in total. The first kappa shape index (κ1) is 14.6. The van der Waals surface area contributed by atoms with Crippen LogP contribution in [0.2, 0.25) is 0 Å². The van der Waals surface area contributed by atoms with Crippen molar-refractivity contribution in [3.8, 4) is 5.75 Å². The Bertz CT molecular complexity index is 626. The highest BCUT2D eigenvalue weighted by Gasteiger charge is 2.25. The number of rotatable bonds is 4. The third-order valence-electron chi connectivity index (χ3n) is 3.85. The zero-order valence-electron chi connectivity index (χ0n) is 12.7. The lowest BCUT2D eigenvalue weighted by Crippen LogP contribution is -2.43. The molecule has 6 nitrogen and oxygen atoms in total. The fourth-order valence-corrected chi connectivity index (χ4v) is 2.70. The van der Waals surface area contributed by atoms with Crippen LogP contribution in [0.4, 0.5) is 0 Å². The second-order valence-corrected chi connectivity index (χ2v) is 5.61. The van der Waals surface area contributed by atoms with Gasteiger partial charge in [0.05, 0.1) is 18.4 Å². The van der Waals surface area contributed by atoms with Gasteiger partial charge in [0.25, 0.3) is 5.91 Å². The largest absolute Gasteiger partial charge is 0.482 e. The van der Waals surface area contributed by atoms with E-state index < -0.39 is 0 Å². The molecule has 1 amide bonds. The first-order chi connectivity index (χ1) is 10.7. The van der Waals surface area contributed by atoms with Crippen molar-refractivity contribution in [3.05, 3.63) is 42.5 Å². The van der Waals surface area contributed by atoms with Crippen LogP contribution in [-0.4, -0.2) is 45.3 Å². The van der Waals surface area contributed by atoms with E-state index in [2.05, 4.69) is 10.1 Å². The van der Waals surface area contributed by atoms with E-state index in [4.69, 9.17) is 4.74 Å². The number of hydrogen-bond donors (Lipinski definition) is 0. The lowest BCUT2D eigenvalue weighted by molar-refractivity contribution is -0.135. The molecule has 3 heterocycles. The Balaban J connectivity index is 1.56. The molecule has 1 fully saturated rings. The second kappa shape index (κ2) is 6.60. The normalized spacial score (nSPS) is 18.2. The first-order valence-electron chi connectivity index (χ1n) is 7.54. The second-order valence-electron chi connectivity index (χ2n) is 5.61. The summed E-state index contributed by atoms with van der Waals surface area (Å²) in [4.78, 5) is 18.1. The molecule has 116 valence electrons. The maximum absolute atomic E-state index is 12.3. The van der Waals surface area contributed by atoms with Crippen molar-refractivity contribution in [3.63, 3.8) is 0 Å². The van der Waals surface area contributed by atoms with E-state index in [-0.39, 0.29) is 18.6 Å². The Morgan fingerprint density at radius 3 is 3.09 bits per heavy atom. The maximum Gasteiger partial charge on any atom is 0.260 e. The van der Waals surface area contributed by atoms with E-state index in [1.807, 2.05) is 28.9 Å². The topological polar surface area (TPSA) is 60.2 Å². The molecule has 6 heteroatoms. The Hall–Kier alpha value is -2.37. The molecule has 1 aliphatic rings. The summed E-state index contributed by atoms with van der Waals surface area (Å²) < 4.78 is 7.46. The molecule has 3 rings (SSSR count). The molecular weight excluding hydrogens is 280 g/mol. The van der Waals surface area contributed by atoms with Crippen LogP contribution in [0, 0.1) is 6.92 Å². The van der Waals surface area contributed by atoms with Crippen molar-refractivity contribution in [2.45, 2.75) is 25.8 Å². The number of amides is 1. The molecule has 0 unspecified atom stereocenters. The number of nitrogens with zero attached hydrogens (tertiary/aromatic N) is 4. The van der Waals surface area contributed by atoms with Gasteiger partial charge in [-0.25, -0.2) is 0 Å². The third kappa shape index (κ3) is 3.44. The number of aromatic nitrogens is 3. The standard InChI is InChI=1S/C16H20N4O2/c1-13-8-18-20(10-13)14-4-3-7-19(11-14)16(21)12-22-15-5-2-6-17-9-15/h2,5-6,8-10,14H,3-4,7,11-12H2,1H3/t14-/m1/s1. The van der Waals surface area contributed by atoms with Gasteiger partial charge in [0.1, 0.15) is 5.75 Å². The highest BCUT2D eigenvalue weighted by Crippen LogP contribution is 2.21. The molecule has 0 aromatic carbocycles. The number of likely N-dealkylation sites (tertiary alicyclic amines) is 1. The van der Waals surface area contributed by atoms with Crippen LogP contribution in [0.25, 0.3) is 0 Å². The molecule has 1 aliphatic heterocycles. The van der Waals surface area contributed by atoms with E-state index in [1.54, 1.807) is 24.5 Å². The number of aryl methyl sites for hydroxylation is 1. The number of ether oxygens (including phenoxy) is 1. The van der Waals surface area contributed by atoms with Crippen molar-refractivity contribution in [1.82, 2.24) is 19.7 Å². The van der Waals surface area contributed by atoms with Gasteiger partial charge in [-0.15, -0.1) is 0 Å². The van der Waals surface area contributed by atoms with Gasteiger partial charge in [-0.1, -0.05) is 0 Å². The number of carbonyl (C=O) groups excluding carboxylic acids is 1. The zero-order valence-corrected chi connectivity index (χ0v) is 12.7. The van der Waals surface area contributed by atoms with Gasteiger partial charge in [0.15, 0.2) is 6.61 Å². The van der Waals surface area contributed by atoms with Crippen LogP contribution < -0.4 is 4.74 Å². The summed E-state index contributed by atoms with van der Waals surface area (Å²) in [5, 5.41) is 4.37. The summed E-state index contributed by atoms with van der Waals surface area (Å²) in [5.41, 5.74) is 1.14. The van der Waals surface area contributed by atoms with Gasteiger partial charge in [0.2, 0.25) is 0 Å². The lowest BCUT2D eigenvalue weighted by atomic mass is 10.1.